The molecule has 0 unspecified atom stereocenters. The topological polar surface area (TPSA) is 69.0 Å². The second kappa shape index (κ2) is 8.73. The van der Waals surface area contributed by atoms with Gasteiger partial charge in [0, 0.05) is 18.4 Å². The van der Waals surface area contributed by atoms with Crippen LogP contribution in [0.25, 0.3) is 5.69 Å². The standard InChI is InChI=1S/C20H22N4O2S/c1-14-6-4-9-19(12-14)26-10-11-27-20-23-22-15(2)24(20)18-8-5-7-17(13-18)21-16(3)25/h4-9,12-13H,10-11H2,1-3H3,(H,21,25). The van der Waals surface area contributed by atoms with Crippen molar-refractivity contribution in [2.75, 3.05) is 17.7 Å². The van der Waals surface area contributed by atoms with Crippen LogP contribution in [0.3, 0.4) is 0 Å². The summed E-state index contributed by atoms with van der Waals surface area (Å²) in [4.78, 5) is 11.3. The summed E-state index contributed by atoms with van der Waals surface area (Å²) in [5, 5.41) is 12.1. The number of ether oxygens (including phenoxy) is 1. The molecule has 6 nitrogen and oxygen atoms in total. The Balaban J connectivity index is 1.67. The van der Waals surface area contributed by atoms with Crippen LogP contribution in [-0.4, -0.2) is 33.0 Å². The van der Waals surface area contributed by atoms with E-state index < -0.39 is 0 Å². The number of hydrogen-bond donors (Lipinski definition) is 1. The van der Waals surface area contributed by atoms with Crippen LogP contribution < -0.4 is 10.1 Å². The fourth-order valence-corrected chi connectivity index (χ4v) is 3.47. The lowest BCUT2D eigenvalue weighted by Crippen LogP contribution is -2.07. The molecule has 0 saturated carbocycles. The highest BCUT2D eigenvalue weighted by Crippen LogP contribution is 2.24. The van der Waals surface area contributed by atoms with Crippen molar-refractivity contribution in [2.24, 2.45) is 0 Å². The monoisotopic (exact) mass is 382 g/mol. The molecule has 0 aliphatic heterocycles. The van der Waals surface area contributed by atoms with Crippen LogP contribution in [-0.2, 0) is 4.79 Å². The molecule has 1 N–H and O–H groups in total. The van der Waals surface area contributed by atoms with Crippen molar-refractivity contribution in [1.82, 2.24) is 14.8 Å². The Labute approximate surface area is 163 Å². The minimum Gasteiger partial charge on any atom is -0.493 e. The zero-order valence-corrected chi connectivity index (χ0v) is 16.4. The van der Waals surface area contributed by atoms with Gasteiger partial charge < -0.3 is 10.1 Å². The van der Waals surface area contributed by atoms with Crippen LogP contribution >= 0.6 is 11.8 Å². The Kier molecular flexibility index (Phi) is 6.13. The van der Waals surface area contributed by atoms with Gasteiger partial charge in [0.05, 0.1) is 12.3 Å². The molecule has 27 heavy (non-hydrogen) atoms. The van der Waals surface area contributed by atoms with E-state index in [0.29, 0.717) is 6.61 Å². The summed E-state index contributed by atoms with van der Waals surface area (Å²) in [6.45, 7) is 6.02. The van der Waals surface area contributed by atoms with E-state index in [-0.39, 0.29) is 5.91 Å². The van der Waals surface area contributed by atoms with Crippen LogP contribution in [0.5, 0.6) is 5.75 Å². The van der Waals surface area contributed by atoms with E-state index in [0.717, 1.165) is 33.9 Å². The maximum atomic E-state index is 11.3. The normalized spacial score (nSPS) is 10.6. The highest BCUT2D eigenvalue weighted by molar-refractivity contribution is 7.99. The zero-order chi connectivity index (χ0) is 19.2. The summed E-state index contributed by atoms with van der Waals surface area (Å²) in [5.74, 6) is 2.31. The molecular weight excluding hydrogens is 360 g/mol. The lowest BCUT2D eigenvalue weighted by atomic mass is 10.2. The molecule has 3 rings (SSSR count). The highest BCUT2D eigenvalue weighted by atomic mass is 32.2. The average Bonchev–Trinajstić information content (AvgIpc) is 2.99. The lowest BCUT2D eigenvalue weighted by molar-refractivity contribution is -0.114. The molecular formula is C20H22N4O2S. The molecule has 0 aliphatic rings. The second-order valence-corrected chi connectivity index (χ2v) is 7.17. The van der Waals surface area contributed by atoms with Crippen LogP contribution in [0.4, 0.5) is 5.69 Å². The number of nitrogens with zero attached hydrogens (tertiary/aromatic N) is 3. The first-order chi connectivity index (χ1) is 13.0. The maximum absolute atomic E-state index is 11.3. The Morgan fingerprint density at radius 3 is 2.74 bits per heavy atom. The summed E-state index contributed by atoms with van der Waals surface area (Å²) in [6, 6.07) is 15.6. The number of nitrogens with one attached hydrogen (secondary N) is 1. The predicted molar refractivity (Wildman–Crippen MR) is 108 cm³/mol. The van der Waals surface area contributed by atoms with Gasteiger partial charge >= 0.3 is 0 Å². The van der Waals surface area contributed by atoms with Gasteiger partial charge in [-0.1, -0.05) is 30.0 Å². The molecule has 0 radical (unpaired) electrons. The summed E-state index contributed by atoms with van der Waals surface area (Å²) in [5.41, 5.74) is 2.83. The van der Waals surface area contributed by atoms with Crippen molar-refractivity contribution in [1.29, 1.82) is 0 Å². The molecule has 0 saturated heterocycles. The molecule has 7 heteroatoms. The highest BCUT2D eigenvalue weighted by Gasteiger charge is 2.12. The summed E-state index contributed by atoms with van der Waals surface area (Å²) < 4.78 is 7.77. The van der Waals surface area contributed by atoms with Crippen molar-refractivity contribution in [3.63, 3.8) is 0 Å². The van der Waals surface area contributed by atoms with Crippen molar-refractivity contribution < 1.29 is 9.53 Å². The molecule has 1 heterocycles. The van der Waals surface area contributed by atoms with Gasteiger partial charge in [-0.25, -0.2) is 0 Å². The SMILES string of the molecule is CC(=O)Nc1cccc(-n2c(C)nnc2SCCOc2cccc(C)c2)c1. The molecule has 1 amide bonds. The summed E-state index contributed by atoms with van der Waals surface area (Å²) >= 11 is 1.58. The Morgan fingerprint density at radius 2 is 1.96 bits per heavy atom. The zero-order valence-electron chi connectivity index (χ0n) is 15.6. The summed E-state index contributed by atoms with van der Waals surface area (Å²) in [6.07, 6.45) is 0. The molecule has 0 atom stereocenters. The number of anilines is 1. The van der Waals surface area contributed by atoms with Crippen molar-refractivity contribution in [2.45, 2.75) is 25.9 Å². The third kappa shape index (κ3) is 5.10. The minimum absolute atomic E-state index is 0.101. The molecule has 0 spiro atoms. The number of aryl methyl sites for hydroxylation is 2. The maximum Gasteiger partial charge on any atom is 0.221 e. The van der Waals surface area contributed by atoms with Gasteiger partial charge in [0.15, 0.2) is 5.16 Å². The number of carbonyl (C=O) groups is 1. The van der Waals surface area contributed by atoms with Gasteiger partial charge in [-0.05, 0) is 49.7 Å². The number of thioether (sulfide) groups is 1. The smallest absolute Gasteiger partial charge is 0.221 e. The Bertz CT molecular complexity index is 939. The molecule has 0 bridgehead atoms. The number of rotatable bonds is 7. The summed E-state index contributed by atoms with van der Waals surface area (Å²) in [7, 11) is 0. The molecule has 3 aromatic rings. The number of aromatic nitrogens is 3. The van der Waals surface area contributed by atoms with Crippen molar-refractivity contribution in [3.05, 3.63) is 59.9 Å². The van der Waals surface area contributed by atoms with Gasteiger partial charge in [0.2, 0.25) is 5.91 Å². The molecule has 1 aromatic heterocycles. The molecule has 0 fully saturated rings. The quantitative estimate of drug-likeness (QED) is 0.494. The van der Waals surface area contributed by atoms with E-state index in [1.807, 2.05) is 66.9 Å². The van der Waals surface area contributed by atoms with E-state index in [1.54, 1.807) is 11.8 Å². The number of amides is 1. The van der Waals surface area contributed by atoms with Crippen LogP contribution in [0, 0.1) is 13.8 Å². The van der Waals surface area contributed by atoms with Crippen LogP contribution in [0.15, 0.2) is 53.7 Å². The number of carbonyl (C=O) groups excluding carboxylic acids is 1. The predicted octanol–water partition coefficient (Wildman–Crippen LogP) is 4.01. The molecule has 140 valence electrons. The second-order valence-electron chi connectivity index (χ2n) is 6.11. The van der Waals surface area contributed by atoms with E-state index in [2.05, 4.69) is 15.5 Å². The first-order valence-corrected chi connectivity index (χ1v) is 9.64. The van der Waals surface area contributed by atoms with E-state index >= 15 is 0 Å². The van der Waals surface area contributed by atoms with E-state index in [4.69, 9.17) is 4.74 Å². The molecule has 0 aliphatic carbocycles. The first kappa shape index (κ1) is 19.0. The Morgan fingerprint density at radius 1 is 1.15 bits per heavy atom. The van der Waals surface area contributed by atoms with Crippen LogP contribution in [0.1, 0.15) is 18.3 Å². The van der Waals surface area contributed by atoms with Gasteiger partial charge in [-0.2, -0.15) is 0 Å². The van der Waals surface area contributed by atoms with Crippen molar-refractivity contribution >= 4 is 23.4 Å². The van der Waals surface area contributed by atoms with Gasteiger partial charge in [-0.3, -0.25) is 9.36 Å². The molecule has 2 aromatic carbocycles. The van der Waals surface area contributed by atoms with Crippen LogP contribution in [0.2, 0.25) is 0 Å². The average molecular weight is 382 g/mol. The van der Waals surface area contributed by atoms with Gasteiger partial charge in [0.25, 0.3) is 0 Å². The number of hydrogen-bond acceptors (Lipinski definition) is 5. The fourth-order valence-electron chi connectivity index (χ4n) is 2.66. The van der Waals surface area contributed by atoms with Crippen molar-refractivity contribution in [3.8, 4) is 11.4 Å². The fraction of sp³-hybridized carbons (Fsp3) is 0.250. The van der Waals surface area contributed by atoms with Gasteiger partial charge in [0.1, 0.15) is 11.6 Å². The largest absolute Gasteiger partial charge is 0.493 e. The Hall–Kier alpha value is -2.80. The minimum atomic E-state index is -0.101. The van der Waals surface area contributed by atoms with Gasteiger partial charge in [-0.15, -0.1) is 10.2 Å². The number of benzene rings is 2. The van der Waals surface area contributed by atoms with E-state index in [1.165, 1.54) is 12.5 Å². The third-order valence-corrected chi connectivity index (χ3v) is 4.69. The third-order valence-electron chi connectivity index (χ3n) is 3.79. The van der Waals surface area contributed by atoms with E-state index in [9.17, 15) is 4.79 Å². The lowest BCUT2D eigenvalue weighted by Gasteiger charge is -2.11. The first-order valence-electron chi connectivity index (χ1n) is 8.65.